The van der Waals surface area contributed by atoms with E-state index >= 15 is 0 Å². The predicted octanol–water partition coefficient (Wildman–Crippen LogP) is 1.60. The number of carbonyl (C=O) groups is 2. The van der Waals surface area contributed by atoms with E-state index in [1.165, 1.54) is 6.07 Å². The van der Waals surface area contributed by atoms with E-state index in [2.05, 4.69) is 10.2 Å². The summed E-state index contributed by atoms with van der Waals surface area (Å²) in [5.41, 5.74) is 0.584. The van der Waals surface area contributed by atoms with Gasteiger partial charge >= 0.3 is 0 Å². The maximum Gasteiger partial charge on any atom is 0.234 e. The molecule has 1 N–H and O–H groups in total. The summed E-state index contributed by atoms with van der Waals surface area (Å²) in [6, 6.07) is 6.61. The maximum atomic E-state index is 13.8. The molecule has 5 nitrogen and oxygen atoms in total. The molecule has 2 amide bonds. The highest BCUT2D eigenvalue weighted by Crippen LogP contribution is 2.23. The van der Waals surface area contributed by atoms with Crippen LogP contribution in [-0.4, -0.2) is 60.9 Å². The average molecular weight is 335 g/mol. The zero-order valence-electron chi connectivity index (χ0n) is 14.4. The van der Waals surface area contributed by atoms with Crippen molar-refractivity contribution >= 4 is 11.8 Å². The van der Waals surface area contributed by atoms with Crippen molar-refractivity contribution < 1.29 is 14.0 Å². The summed E-state index contributed by atoms with van der Waals surface area (Å²) >= 11 is 0. The summed E-state index contributed by atoms with van der Waals surface area (Å²) in [6.07, 6.45) is 0.303. The van der Waals surface area contributed by atoms with E-state index in [4.69, 9.17) is 0 Å². The average Bonchev–Trinajstić information content (AvgIpc) is 2.56. The molecule has 24 heavy (non-hydrogen) atoms. The molecule has 0 aliphatic carbocycles. The van der Waals surface area contributed by atoms with Crippen LogP contribution in [0.5, 0.6) is 0 Å². The number of carbonyl (C=O) groups excluding carboxylic acids is 2. The SMILES string of the molecule is CCNC(=O)CN1CCN(C(=O)C[C@@H](C)c2ccccc2F)CC1. The molecule has 0 saturated carbocycles. The maximum absolute atomic E-state index is 13.8. The second-order valence-corrected chi connectivity index (χ2v) is 6.24. The molecular formula is C18H26FN3O2. The number of amides is 2. The fourth-order valence-electron chi connectivity index (χ4n) is 2.99. The van der Waals surface area contributed by atoms with Gasteiger partial charge in [0.2, 0.25) is 11.8 Å². The normalized spacial score (nSPS) is 16.7. The highest BCUT2D eigenvalue weighted by Gasteiger charge is 2.24. The highest BCUT2D eigenvalue weighted by atomic mass is 19.1. The fraction of sp³-hybridized carbons (Fsp3) is 0.556. The van der Waals surface area contributed by atoms with Crippen molar-refractivity contribution in [1.29, 1.82) is 0 Å². The molecule has 1 fully saturated rings. The standard InChI is InChI=1S/C18H26FN3O2/c1-3-20-17(23)13-21-8-10-22(11-9-21)18(24)12-14(2)15-6-4-5-7-16(15)19/h4-7,14H,3,8-13H2,1-2H3,(H,20,23)/t14-/m1/s1. The van der Waals surface area contributed by atoms with Gasteiger partial charge < -0.3 is 10.2 Å². The van der Waals surface area contributed by atoms with Crippen LogP contribution in [0.2, 0.25) is 0 Å². The number of halogens is 1. The molecule has 0 spiro atoms. The molecule has 0 radical (unpaired) electrons. The van der Waals surface area contributed by atoms with Crippen molar-refractivity contribution in [3.63, 3.8) is 0 Å². The van der Waals surface area contributed by atoms with Gasteiger partial charge in [-0.05, 0) is 24.5 Å². The van der Waals surface area contributed by atoms with Gasteiger partial charge in [-0.25, -0.2) is 4.39 Å². The molecule has 0 aromatic heterocycles. The summed E-state index contributed by atoms with van der Waals surface area (Å²) in [5.74, 6) is -0.342. The zero-order valence-corrected chi connectivity index (χ0v) is 14.4. The summed E-state index contributed by atoms with van der Waals surface area (Å²) in [7, 11) is 0. The van der Waals surface area contributed by atoms with Crippen molar-refractivity contribution in [2.45, 2.75) is 26.2 Å². The van der Waals surface area contributed by atoms with Crippen molar-refractivity contribution in [3.8, 4) is 0 Å². The van der Waals surface area contributed by atoms with Gasteiger partial charge in [0.25, 0.3) is 0 Å². The molecular weight excluding hydrogens is 309 g/mol. The first kappa shape index (κ1) is 18.4. The lowest BCUT2D eigenvalue weighted by Gasteiger charge is -2.34. The Kier molecular flexibility index (Phi) is 6.73. The second-order valence-electron chi connectivity index (χ2n) is 6.24. The first-order chi connectivity index (χ1) is 11.5. The Morgan fingerprint density at radius 3 is 2.50 bits per heavy atom. The lowest BCUT2D eigenvalue weighted by Crippen LogP contribution is -2.51. The third-order valence-electron chi connectivity index (χ3n) is 4.38. The molecule has 1 aliphatic rings. The van der Waals surface area contributed by atoms with E-state index < -0.39 is 0 Å². The van der Waals surface area contributed by atoms with E-state index in [9.17, 15) is 14.0 Å². The Morgan fingerprint density at radius 2 is 1.88 bits per heavy atom. The summed E-state index contributed by atoms with van der Waals surface area (Å²) in [5, 5.41) is 2.78. The number of piperazine rings is 1. The molecule has 1 atom stereocenters. The van der Waals surface area contributed by atoms with Crippen LogP contribution < -0.4 is 5.32 Å². The van der Waals surface area contributed by atoms with Gasteiger partial charge in [0, 0.05) is 39.1 Å². The predicted molar refractivity (Wildman–Crippen MR) is 91.1 cm³/mol. The Morgan fingerprint density at radius 1 is 1.21 bits per heavy atom. The van der Waals surface area contributed by atoms with Gasteiger partial charge in [0.05, 0.1) is 6.54 Å². The van der Waals surface area contributed by atoms with Crippen LogP contribution >= 0.6 is 0 Å². The van der Waals surface area contributed by atoms with E-state index in [0.717, 1.165) is 0 Å². The van der Waals surface area contributed by atoms with E-state index in [0.29, 0.717) is 51.3 Å². The Labute approximate surface area is 142 Å². The quantitative estimate of drug-likeness (QED) is 0.859. The molecule has 2 rings (SSSR count). The third kappa shape index (κ3) is 5.03. The first-order valence-electron chi connectivity index (χ1n) is 8.52. The molecule has 1 aromatic carbocycles. The first-order valence-corrected chi connectivity index (χ1v) is 8.52. The van der Waals surface area contributed by atoms with Crippen LogP contribution in [0, 0.1) is 5.82 Å². The summed E-state index contributed by atoms with van der Waals surface area (Å²) < 4.78 is 13.8. The number of hydrogen-bond acceptors (Lipinski definition) is 3. The number of rotatable bonds is 6. The van der Waals surface area contributed by atoms with Crippen LogP contribution in [0.25, 0.3) is 0 Å². The number of benzene rings is 1. The Hall–Kier alpha value is -1.95. The lowest BCUT2D eigenvalue weighted by atomic mass is 9.96. The molecule has 0 bridgehead atoms. The van der Waals surface area contributed by atoms with Gasteiger partial charge in [-0.3, -0.25) is 14.5 Å². The van der Waals surface area contributed by atoms with E-state index in [1.807, 2.05) is 18.7 Å². The molecule has 1 saturated heterocycles. The minimum Gasteiger partial charge on any atom is -0.355 e. The number of nitrogens with one attached hydrogen (secondary N) is 1. The van der Waals surface area contributed by atoms with E-state index in [1.54, 1.807) is 18.2 Å². The van der Waals surface area contributed by atoms with Crippen LogP contribution in [-0.2, 0) is 9.59 Å². The topological polar surface area (TPSA) is 52.7 Å². The van der Waals surface area contributed by atoms with Crippen molar-refractivity contribution in [1.82, 2.24) is 15.1 Å². The lowest BCUT2D eigenvalue weighted by molar-refractivity contribution is -0.133. The minimum atomic E-state index is -0.260. The smallest absolute Gasteiger partial charge is 0.234 e. The number of nitrogens with zero attached hydrogens (tertiary/aromatic N) is 2. The van der Waals surface area contributed by atoms with Crippen molar-refractivity contribution in [2.24, 2.45) is 0 Å². The number of likely N-dealkylation sites (N-methyl/N-ethyl adjacent to an activating group) is 1. The molecule has 6 heteroatoms. The van der Waals surface area contributed by atoms with Crippen LogP contribution in [0.3, 0.4) is 0 Å². The molecule has 132 valence electrons. The molecule has 0 unspecified atom stereocenters. The van der Waals surface area contributed by atoms with E-state index in [-0.39, 0.29) is 23.5 Å². The fourth-order valence-corrected chi connectivity index (χ4v) is 2.99. The molecule has 1 aliphatic heterocycles. The van der Waals surface area contributed by atoms with Crippen LogP contribution in [0.1, 0.15) is 31.7 Å². The van der Waals surface area contributed by atoms with Crippen molar-refractivity contribution in [2.75, 3.05) is 39.3 Å². The van der Waals surface area contributed by atoms with Crippen LogP contribution in [0.4, 0.5) is 4.39 Å². The van der Waals surface area contributed by atoms with Gasteiger partial charge in [0.1, 0.15) is 5.82 Å². The van der Waals surface area contributed by atoms with Gasteiger partial charge in [-0.2, -0.15) is 0 Å². The monoisotopic (exact) mass is 335 g/mol. The summed E-state index contributed by atoms with van der Waals surface area (Å²) in [4.78, 5) is 27.9. The molecule has 1 aromatic rings. The number of hydrogen-bond donors (Lipinski definition) is 1. The second kappa shape index (κ2) is 8.78. The minimum absolute atomic E-state index is 0.0189. The van der Waals surface area contributed by atoms with Crippen LogP contribution in [0.15, 0.2) is 24.3 Å². The van der Waals surface area contributed by atoms with Gasteiger partial charge in [0.15, 0.2) is 0 Å². The Balaban J connectivity index is 1.80. The molecule has 1 heterocycles. The third-order valence-corrected chi connectivity index (χ3v) is 4.38. The van der Waals surface area contributed by atoms with Crippen molar-refractivity contribution in [3.05, 3.63) is 35.6 Å². The van der Waals surface area contributed by atoms with Gasteiger partial charge in [-0.15, -0.1) is 0 Å². The highest BCUT2D eigenvalue weighted by molar-refractivity contribution is 5.78. The van der Waals surface area contributed by atoms with Gasteiger partial charge in [-0.1, -0.05) is 25.1 Å². The zero-order chi connectivity index (χ0) is 17.5. The summed E-state index contributed by atoms with van der Waals surface area (Å²) in [6.45, 7) is 7.39. The largest absolute Gasteiger partial charge is 0.355 e. The Bertz CT molecular complexity index is 571.